The third-order valence-electron chi connectivity index (χ3n) is 5.89. The largest absolute Gasteiger partial charge is 0.341 e. The van der Waals surface area contributed by atoms with Crippen molar-refractivity contribution in [1.82, 2.24) is 14.4 Å². The number of fused-ring (bicyclic) bond motifs is 1. The molecule has 0 radical (unpaired) electrons. The van der Waals surface area contributed by atoms with Crippen LogP contribution in [0.25, 0.3) is 17.0 Å². The topological polar surface area (TPSA) is 62.6 Å². The monoisotopic (exact) mass is 425 g/mol. The lowest BCUT2D eigenvalue weighted by Crippen LogP contribution is -2.39. The number of carbonyl (C=O) groups excluding carboxylic acids is 3. The van der Waals surface area contributed by atoms with E-state index >= 15 is 0 Å². The van der Waals surface area contributed by atoms with Crippen molar-refractivity contribution in [2.24, 2.45) is 5.92 Å². The fourth-order valence-corrected chi connectivity index (χ4v) is 5.04. The number of hydrogen-bond donors (Lipinski definition) is 0. The van der Waals surface area contributed by atoms with Crippen LogP contribution >= 0.6 is 11.8 Å². The number of hydrogen-bond acceptors (Lipinski definition) is 4. The number of carbonyl (C=O) groups is 3. The van der Waals surface area contributed by atoms with Crippen LogP contribution in [0.4, 0.5) is 4.79 Å². The second kappa shape index (κ2) is 8.30. The van der Waals surface area contributed by atoms with Crippen molar-refractivity contribution in [3.8, 4) is 0 Å². The van der Waals surface area contributed by atoms with Crippen LogP contribution in [0.2, 0.25) is 0 Å². The molecule has 0 N–H and O–H groups in total. The van der Waals surface area contributed by atoms with E-state index in [1.54, 1.807) is 6.08 Å². The predicted octanol–water partition coefficient (Wildman–Crippen LogP) is 4.34. The number of benzene rings is 1. The number of piperidine rings is 1. The summed E-state index contributed by atoms with van der Waals surface area (Å²) in [7, 11) is 0. The Morgan fingerprint density at radius 1 is 1.20 bits per heavy atom. The number of likely N-dealkylation sites (tertiary alicyclic amines) is 1. The number of rotatable bonds is 4. The minimum absolute atomic E-state index is 0.120. The Morgan fingerprint density at radius 3 is 2.57 bits per heavy atom. The van der Waals surface area contributed by atoms with Crippen molar-refractivity contribution in [3.05, 3.63) is 40.9 Å². The first-order valence-electron chi connectivity index (χ1n) is 10.5. The van der Waals surface area contributed by atoms with Gasteiger partial charge >= 0.3 is 0 Å². The van der Waals surface area contributed by atoms with Gasteiger partial charge in [-0.25, -0.2) is 0 Å². The summed E-state index contributed by atoms with van der Waals surface area (Å²) in [5.41, 5.74) is 1.80. The molecule has 0 bridgehead atoms. The van der Waals surface area contributed by atoms with Gasteiger partial charge in [0.25, 0.3) is 11.1 Å². The van der Waals surface area contributed by atoms with Gasteiger partial charge in [0.05, 0.1) is 4.91 Å². The molecule has 2 aliphatic heterocycles. The number of imide groups is 1. The van der Waals surface area contributed by atoms with Gasteiger partial charge in [0.1, 0.15) is 6.54 Å². The second-order valence-electron chi connectivity index (χ2n) is 8.44. The van der Waals surface area contributed by atoms with Crippen LogP contribution in [0.3, 0.4) is 0 Å². The molecule has 1 aromatic carbocycles. The molecule has 30 heavy (non-hydrogen) atoms. The smallest absolute Gasteiger partial charge is 0.293 e. The first-order valence-corrected chi connectivity index (χ1v) is 11.3. The zero-order valence-corrected chi connectivity index (χ0v) is 18.4. The fraction of sp³-hybridized carbons (Fsp3) is 0.435. The molecule has 0 unspecified atom stereocenters. The molecule has 1 aromatic heterocycles. The van der Waals surface area contributed by atoms with Gasteiger partial charge in [-0.05, 0) is 56.5 Å². The Labute approximate surface area is 180 Å². The molecule has 4 rings (SSSR count). The molecule has 2 saturated heterocycles. The maximum atomic E-state index is 12.9. The van der Waals surface area contributed by atoms with E-state index in [4.69, 9.17) is 0 Å². The van der Waals surface area contributed by atoms with Crippen molar-refractivity contribution in [1.29, 1.82) is 0 Å². The van der Waals surface area contributed by atoms with Gasteiger partial charge in [0.15, 0.2) is 0 Å². The normalized spacial score (nSPS) is 19.7. The van der Waals surface area contributed by atoms with Gasteiger partial charge < -0.3 is 9.47 Å². The molecule has 0 spiro atoms. The minimum Gasteiger partial charge on any atom is -0.341 e. The van der Waals surface area contributed by atoms with E-state index in [1.165, 1.54) is 4.90 Å². The van der Waals surface area contributed by atoms with Crippen molar-refractivity contribution in [2.45, 2.75) is 46.2 Å². The van der Waals surface area contributed by atoms with Gasteiger partial charge in [-0.2, -0.15) is 0 Å². The Morgan fingerprint density at radius 2 is 1.90 bits per heavy atom. The average molecular weight is 426 g/mol. The highest BCUT2D eigenvalue weighted by atomic mass is 32.2. The highest BCUT2D eigenvalue weighted by Crippen LogP contribution is 2.35. The summed E-state index contributed by atoms with van der Waals surface area (Å²) in [5.74, 6) is 0.541. The average Bonchev–Trinajstić information content (AvgIpc) is 3.19. The lowest BCUT2D eigenvalue weighted by molar-refractivity contribution is -0.133. The Bertz CT molecular complexity index is 1030. The Balaban J connectivity index is 1.62. The number of thioether (sulfide) groups is 1. The molecule has 0 aliphatic carbocycles. The number of aromatic nitrogens is 1. The highest BCUT2D eigenvalue weighted by Gasteiger charge is 2.36. The first-order chi connectivity index (χ1) is 14.3. The van der Waals surface area contributed by atoms with E-state index in [0.29, 0.717) is 10.8 Å². The predicted molar refractivity (Wildman–Crippen MR) is 120 cm³/mol. The molecule has 3 amide bonds. The lowest BCUT2D eigenvalue weighted by Gasteiger charge is -2.30. The van der Waals surface area contributed by atoms with Crippen LogP contribution in [0.1, 0.15) is 39.2 Å². The molecule has 2 fully saturated rings. The van der Waals surface area contributed by atoms with E-state index in [1.807, 2.05) is 53.8 Å². The third-order valence-corrected chi connectivity index (χ3v) is 6.77. The third kappa shape index (κ3) is 3.90. The van der Waals surface area contributed by atoms with Crippen molar-refractivity contribution in [3.63, 3.8) is 0 Å². The van der Waals surface area contributed by atoms with Gasteiger partial charge in [-0.1, -0.05) is 25.1 Å². The molecule has 0 atom stereocenters. The zero-order chi connectivity index (χ0) is 21.4. The van der Waals surface area contributed by atoms with Crippen molar-refractivity contribution < 1.29 is 14.4 Å². The highest BCUT2D eigenvalue weighted by molar-refractivity contribution is 8.18. The van der Waals surface area contributed by atoms with Gasteiger partial charge in [-0.3, -0.25) is 19.3 Å². The zero-order valence-electron chi connectivity index (χ0n) is 17.6. The molecule has 3 heterocycles. The molecule has 7 heteroatoms. The van der Waals surface area contributed by atoms with E-state index in [2.05, 4.69) is 6.92 Å². The molecule has 2 aromatic rings. The number of nitrogens with zero attached hydrogens (tertiary/aromatic N) is 3. The SMILES string of the molecule is CC1CCN(C(=O)Cn2cc(/C=C3\SC(=O)N(C(C)C)C3=O)c3ccccc32)CC1. The Kier molecular flexibility index (Phi) is 5.73. The number of para-hydroxylation sites is 1. The standard InChI is InChI=1S/C23H27N3O3S/c1-15(2)26-22(28)20(30-23(26)29)12-17-13-25(19-7-5-4-6-18(17)19)14-21(27)24-10-8-16(3)9-11-24/h4-7,12-13,15-16H,8-11,14H2,1-3H3/b20-12-. The Hall–Kier alpha value is -2.54. The van der Waals surface area contributed by atoms with Crippen LogP contribution < -0.4 is 0 Å². The van der Waals surface area contributed by atoms with Crippen molar-refractivity contribution >= 4 is 45.8 Å². The van der Waals surface area contributed by atoms with Crippen LogP contribution in [-0.4, -0.2) is 50.6 Å². The maximum absolute atomic E-state index is 12.9. The molecule has 6 nitrogen and oxygen atoms in total. The van der Waals surface area contributed by atoms with E-state index < -0.39 is 0 Å². The molecular formula is C23H27N3O3S. The van der Waals surface area contributed by atoms with Crippen LogP contribution in [0, 0.1) is 5.92 Å². The summed E-state index contributed by atoms with van der Waals surface area (Å²) >= 11 is 0.974. The summed E-state index contributed by atoms with van der Waals surface area (Å²) in [4.78, 5) is 41.4. The van der Waals surface area contributed by atoms with Gasteiger partial charge in [0.2, 0.25) is 5.91 Å². The van der Waals surface area contributed by atoms with E-state index in [0.717, 1.165) is 54.2 Å². The summed E-state index contributed by atoms with van der Waals surface area (Å²) in [6.07, 6.45) is 5.79. The van der Waals surface area contributed by atoms with E-state index in [-0.39, 0.29) is 29.6 Å². The van der Waals surface area contributed by atoms with Crippen LogP contribution in [-0.2, 0) is 16.1 Å². The summed E-state index contributed by atoms with van der Waals surface area (Å²) < 4.78 is 1.95. The molecule has 158 valence electrons. The van der Waals surface area contributed by atoms with E-state index in [9.17, 15) is 14.4 Å². The molecule has 2 aliphatic rings. The quantitative estimate of drug-likeness (QED) is 0.684. The summed E-state index contributed by atoms with van der Waals surface area (Å²) in [5, 5.41) is 0.730. The molecule has 0 saturated carbocycles. The van der Waals surface area contributed by atoms with Gasteiger partial charge in [-0.15, -0.1) is 0 Å². The second-order valence-corrected chi connectivity index (χ2v) is 9.43. The van der Waals surface area contributed by atoms with Crippen molar-refractivity contribution in [2.75, 3.05) is 13.1 Å². The maximum Gasteiger partial charge on any atom is 0.293 e. The molecular weight excluding hydrogens is 398 g/mol. The first kappa shape index (κ1) is 20.7. The minimum atomic E-state index is -0.254. The fourth-order valence-electron chi connectivity index (χ4n) is 4.09. The number of amides is 3. The van der Waals surface area contributed by atoms with Crippen LogP contribution in [0.5, 0.6) is 0 Å². The lowest BCUT2D eigenvalue weighted by atomic mass is 9.99. The summed E-state index contributed by atoms with van der Waals surface area (Å²) in [6, 6.07) is 7.69. The van der Waals surface area contributed by atoms with Crippen LogP contribution in [0.15, 0.2) is 35.4 Å². The van der Waals surface area contributed by atoms with Gasteiger partial charge in [0, 0.05) is 41.8 Å². The summed E-state index contributed by atoms with van der Waals surface area (Å²) in [6.45, 7) is 7.80.